The second-order valence-electron chi connectivity index (χ2n) is 3.16. The molecule has 0 saturated heterocycles. The van der Waals surface area contributed by atoms with Gasteiger partial charge in [-0.3, -0.25) is 0 Å². The third kappa shape index (κ3) is 3.58. The van der Waals surface area contributed by atoms with Gasteiger partial charge in [-0.2, -0.15) is 8.42 Å². The minimum absolute atomic E-state index is 0.148. The number of hydrogen-bond acceptors (Lipinski definition) is 4. The summed E-state index contributed by atoms with van der Waals surface area (Å²) >= 11 is 0. The van der Waals surface area contributed by atoms with Gasteiger partial charge in [-0.25, -0.2) is 0 Å². The van der Waals surface area contributed by atoms with Gasteiger partial charge in [-0.05, 0) is 24.1 Å². The van der Waals surface area contributed by atoms with Gasteiger partial charge in [0, 0.05) is 0 Å². The van der Waals surface area contributed by atoms with E-state index in [0.29, 0.717) is 6.42 Å². The van der Waals surface area contributed by atoms with Crippen molar-refractivity contribution in [1.82, 2.24) is 0 Å². The van der Waals surface area contributed by atoms with Crippen LogP contribution in [0.5, 0.6) is 11.5 Å². The third-order valence-electron chi connectivity index (χ3n) is 1.74. The minimum Gasteiger partial charge on any atom is -0.493 e. The van der Waals surface area contributed by atoms with E-state index in [1.54, 1.807) is 12.1 Å². The summed E-state index contributed by atoms with van der Waals surface area (Å²) in [5.41, 5.74) is 0.732. The van der Waals surface area contributed by atoms with Gasteiger partial charge < -0.3 is 8.92 Å². The fourth-order valence-electron chi connectivity index (χ4n) is 1.16. The van der Waals surface area contributed by atoms with Crippen molar-refractivity contribution in [3.63, 3.8) is 0 Å². The average Bonchev–Trinajstić information content (AvgIpc) is 2.18. The number of methoxy groups -OCH3 is 1. The highest BCUT2D eigenvalue weighted by molar-refractivity contribution is 7.86. The summed E-state index contributed by atoms with van der Waals surface area (Å²) in [5.74, 6) is -0.309. The van der Waals surface area contributed by atoms with Crippen LogP contribution in [0.15, 0.2) is 30.9 Å². The summed E-state index contributed by atoms with van der Waals surface area (Å²) in [6.45, 7) is 3.56. The Morgan fingerprint density at radius 1 is 1.50 bits per heavy atom. The van der Waals surface area contributed by atoms with Crippen molar-refractivity contribution in [2.24, 2.45) is 0 Å². The Labute approximate surface area is 99.8 Å². The first-order chi connectivity index (χ1) is 8.61. The Morgan fingerprint density at radius 3 is 2.81 bits per heavy atom. The smallest absolute Gasteiger partial charge is 0.306 e. The van der Waals surface area contributed by atoms with E-state index in [2.05, 4.69) is 10.8 Å². The molecule has 1 rings (SSSR count). The normalized spacial score (nSPS) is 14.4. The van der Waals surface area contributed by atoms with Crippen molar-refractivity contribution in [3.8, 4) is 11.5 Å². The zero-order valence-corrected chi connectivity index (χ0v) is 9.58. The average molecular weight is 245 g/mol. The van der Waals surface area contributed by atoms with Gasteiger partial charge in [0.05, 0.1) is 17.4 Å². The molecule has 0 heterocycles. The highest BCUT2D eigenvalue weighted by Crippen LogP contribution is 2.29. The van der Waals surface area contributed by atoms with Crippen molar-refractivity contribution in [2.75, 3.05) is 13.3 Å². The molecule has 0 aromatic heterocycles. The van der Waals surface area contributed by atoms with E-state index < -0.39 is 17.2 Å². The summed E-state index contributed by atoms with van der Waals surface area (Å²) in [6, 6.07) is 4.37. The van der Waals surface area contributed by atoms with Crippen LogP contribution in [0.25, 0.3) is 0 Å². The molecule has 4 nitrogen and oxygen atoms in total. The van der Waals surface area contributed by atoms with Gasteiger partial charge in [-0.1, -0.05) is 12.1 Å². The molecule has 0 radical (unpaired) electrons. The number of allylic oxidation sites excluding steroid dienone is 1. The van der Waals surface area contributed by atoms with Crippen LogP contribution in [-0.2, 0) is 16.5 Å². The summed E-state index contributed by atoms with van der Waals surface area (Å²) in [5, 5.41) is 0. The van der Waals surface area contributed by atoms with Crippen LogP contribution in [-0.4, -0.2) is 21.7 Å². The van der Waals surface area contributed by atoms with E-state index in [-0.39, 0.29) is 11.5 Å². The molecular formula is C11H14O4S. The highest BCUT2D eigenvalue weighted by atomic mass is 32.2. The van der Waals surface area contributed by atoms with Gasteiger partial charge in [0.1, 0.15) is 0 Å². The molecule has 16 heavy (non-hydrogen) atoms. The zero-order chi connectivity index (χ0) is 14.7. The number of benzene rings is 1. The SMILES string of the molecule is [2H]C([2H])([2H])Oc1cc(CC=C)ccc1OS(C)(=O)=O. The van der Waals surface area contributed by atoms with Crippen LogP contribution >= 0.6 is 0 Å². The van der Waals surface area contributed by atoms with Crippen LogP contribution in [0.2, 0.25) is 0 Å². The molecule has 0 saturated carbocycles. The second-order valence-corrected chi connectivity index (χ2v) is 4.74. The van der Waals surface area contributed by atoms with E-state index in [1.165, 1.54) is 12.1 Å². The Balaban J connectivity index is 3.18. The van der Waals surface area contributed by atoms with Crippen LogP contribution in [0, 0.1) is 0 Å². The fourth-order valence-corrected chi connectivity index (χ4v) is 1.62. The topological polar surface area (TPSA) is 52.6 Å². The highest BCUT2D eigenvalue weighted by Gasteiger charge is 2.10. The molecular weight excluding hydrogens is 228 g/mol. The molecule has 0 aliphatic carbocycles. The first kappa shape index (κ1) is 8.64. The van der Waals surface area contributed by atoms with Gasteiger partial charge >= 0.3 is 10.1 Å². The second kappa shape index (κ2) is 5.03. The van der Waals surface area contributed by atoms with Crippen LogP contribution in [0.1, 0.15) is 9.68 Å². The molecule has 88 valence electrons. The molecule has 0 unspecified atom stereocenters. The largest absolute Gasteiger partial charge is 0.493 e. The first-order valence-electron chi connectivity index (χ1n) is 5.93. The number of hydrogen-bond donors (Lipinski definition) is 0. The molecule has 5 heteroatoms. The molecule has 0 fully saturated rings. The molecule has 0 aliphatic heterocycles. The van der Waals surface area contributed by atoms with Crippen LogP contribution < -0.4 is 8.92 Å². The zero-order valence-electron chi connectivity index (χ0n) is 11.8. The van der Waals surface area contributed by atoms with Gasteiger partial charge in [-0.15, -0.1) is 6.58 Å². The van der Waals surface area contributed by atoms with E-state index >= 15 is 0 Å². The minimum atomic E-state index is -3.76. The van der Waals surface area contributed by atoms with Crippen molar-refractivity contribution in [2.45, 2.75) is 6.42 Å². The lowest BCUT2D eigenvalue weighted by Crippen LogP contribution is -2.07. The van der Waals surface area contributed by atoms with E-state index in [1.807, 2.05) is 0 Å². The van der Waals surface area contributed by atoms with Gasteiger partial charge in [0.2, 0.25) is 0 Å². The van der Waals surface area contributed by atoms with Crippen LogP contribution in [0.4, 0.5) is 0 Å². The van der Waals surface area contributed by atoms with E-state index in [4.69, 9.17) is 8.85 Å². The Kier molecular flexibility index (Phi) is 2.71. The number of ether oxygens (including phenoxy) is 1. The van der Waals surface area contributed by atoms with Crippen molar-refractivity contribution >= 4 is 10.1 Å². The summed E-state index contributed by atoms with van der Waals surface area (Å²) < 4.78 is 52.8. The number of rotatable bonds is 5. The van der Waals surface area contributed by atoms with Crippen molar-refractivity contribution in [1.29, 1.82) is 0 Å². The lowest BCUT2D eigenvalue weighted by molar-refractivity contribution is 0.391. The predicted octanol–water partition coefficient (Wildman–Crippen LogP) is 1.76. The summed E-state index contributed by atoms with van der Waals surface area (Å²) in [7, 11) is -6.46. The van der Waals surface area contributed by atoms with Gasteiger partial charge in [0.25, 0.3) is 0 Å². The first-order valence-corrected chi connectivity index (χ1v) is 6.25. The maximum absolute atomic E-state index is 11.1. The molecule has 0 amide bonds. The molecule has 0 atom stereocenters. The maximum Gasteiger partial charge on any atom is 0.306 e. The molecule has 0 aliphatic rings. The Hall–Kier alpha value is -1.49. The van der Waals surface area contributed by atoms with Crippen molar-refractivity contribution < 1.29 is 21.5 Å². The van der Waals surface area contributed by atoms with Crippen molar-refractivity contribution in [3.05, 3.63) is 36.4 Å². The van der Waals surface area contributed by atoms with Crippen LogP contribution in [0.3, 0.4) is 0 Å². The molecule has 1 aromatic carbocycles. The molecule has 1 aromatic rings. The maximum atomic E-state index is 11.1. The standard InChI is InChI=1S/C11H14O4S/c1-4-5-9-6-7-10(11(8-9)14-2)15-16(3,12)13/h4,6-8H,1,5H2,2-3H3/i2D3. The lowest BCUT2D eigenvalue weighted by Gasteiger charge is -2.09. The quantitative estimate of drug-likeness (QED) is 0.586. The fraction of sp³-hybridized carbons (Fsp3) is 0.273. The summed E-state index contributed by atoms with van der Waals surface area (Å²) in [6.07, 6.45) is 2.99. The Bertz CT molecular complexity index is 564. The monoisotopic (exact) mass is 245 g/mol. The molecule has 0 N–H and O–H groups in total. The van der Waals surface area contributed by atoms with E-state index in [0.717, 1.165) is 11.8 Å². The van der Waals surface area contributed by atoms with E-state index in [9.17, 15) is 8.42 Å². The van der Waals surface area contributed by atoms with Gasteiger partial charge in [0.15, 0.2) is 11.5 Å². The molecule has 0 bridgehead atoms. The summed E-state index contributed by atoms with van der Waals surface area (Å²) in [4.78, 5) is 0. The molecule has 0 spiro atoms. The Morgan fingerprint density at radius 2 is 2.25 bits per heavy atom. The lowest BCUT2D eigenvalue weighted by atomic mass is 10.1. The third-order valence-corrected chi connectivity index (χ3v) is 2.22. The predicted molar refractivity (Wildman–Crippen MR) is 62.4 cm³/mol.